The van der Waals surface area contributed by atoms with E-state index in [1.54, 1.807) is 0 Å². The van der Waals surface area contributed by atoms with Gasteiger partial charge in [0.25, 0.3) is 0 Å². The third-order valence-corrected chi connectivity index (χ3v) is 4.50. The van der Waals surface area contributed by atoms with Crippen LogP contribution >= 0.6 is 11.6 Å². The summed E-state index contributed by atoms with van der Waals surface area (Å²) in [6, 6.07) is 10.5. The number of fused-ring (bicyclic) bond motifs is 1. The van der Waals surface area contributed by atoms with Gasteiger partial charge in [0.05, 0.1) is 5.52 Å². The number of pyridine rings is 1. The molecule has 100 valence electrons. The van der Waals surface area contributed by atoms with Crippen molar-refractivity contribution in [1.29, 1.82) is 0 Å². The molecule has 0 unspecified atom stereocenters. The molecule has 1 fully saturated rings. The van der Waals surface area contributed by atoms with Crippen molar-refractivity contribution in [1.82, 2.24) is 9.88 Å². The molecular weight excluding hydrogens is 256 g/mol. The number of hydrogen-bond donors (Lipinski definition) is 0. The van der Waals surface area contributed by atoms with Gasteiger partial charge < -0.3 is 0 Å². The van der Waals surface area contributed by atoms with E-state index in [1.807, 2.05) is 12.3 Å². The molecular formula is C16H19ClN2. The maximum atomic E-state index is 5.94. The Balaban J connectivity index is 1.75. The molecule has 0 aliphatic carbocycles. The van der Waals surface area contributed by atoms with Gasteiger partial charge in [-0.3, -0.25) is 9.88 Å². The van der Waals surface area contributed by atoms with Gasteiger partial charge in [-0.25, -0.2) is 0 Å². The monoisotopic (exact) mass is 274 g/mol. The summed E-state index contributed by atoms with van der Waals surface area (Å²) >= 11 is 5.94. The van der Waals surface area contributed by atoms with Crippen LogP contribution in [0.25, 0.3) is 10.9 Å². The number of para-hydroxylation sites is 1. The maximum absolute atomic E-state index is 5.94. The Hall–Kier alpha value is -1.12. The molecule has 19 heavy (non-hydrogen) atoms. The first-order valence-electron chi connectivity index (χ1n) is 6.98. The van der Waals surface area contributed by atoms with Crippen molar-refractivity contribution < 1.29 is 0 Å². The summed E-state index contributed by atoms with van der Waals surface area (Å²) in [4.78, 5) is 6.96. The Morgan fingerprint density at radius 3 is 2.74 bits per heavy atom. The van der Waals surface area contributed by atoms with Gasteiger partial charge in [-0.15, -0.1) is 11.6 Å². The van der Waals surface area contributed by atoms with Crippen LogP contribution in [-0.2, 0) is 6.54 Å². The summed E-state index contributed by atoms with van der Waals surface area (Å²) in [6.45, 7) is 3.35. The SMILES string of the molecule is ClCC1CCN(Cc2ccnc3ccccc23)CC1. The highest BCUT2D eigenvalue weighted by atomic mass is 35.5. The molecule has 3 heteroatoms. The topological polar surface area (TPSA) is 16.1 Å². The highest BCUT2D eigenvalue weighted by Gasteiger charge is 2.18. The smallest absolute Gasteiger partial charge is 0.0705 e. The van der Waals surface area contributed by atoms with Crippen LogP contribution in [0.3, 0.4) is 0 Å². The zero-order valence-corrected chi connectivity index (χ0v) is 11.8. The number of halogens is 1. The highest BCUT2D eigenvalue weighted by Crippen LogP contribution is 2.22. The number of benzene rings is 1. The van der Waals surface area contributed by atoms with Crippen LogP contribution < -0.4 is 0 Å². The second-order valence-electron chi connectivity index (χ2n) is 5.36. The fraction of sp³-hybridized carbons (Fsp3) is 0.438. The van der Waals surface area contributed by atoms with Crippen molar-refractivity contribution in [3.63, 3.8) is 0 Å². The lowest BCUT2D eigenvalue weighted by Crippen LogP contribution is -2.33. The van der Waals surface area contributed by atoms with Crippen LogP contribution in [0.2, 0.25) is 0 Å². The molecule has 2 nitrogen and oxygen atoms in total. The van der Waals surface area contributed by atoms with Crippen LogP contribution in [0.15, 0.2) is 36.5 Å². The summed E-state index contributed by atoms with van der Waals surface area (Å²) in [5.41, 5.74) is 2.48. The first kappa shape index (κ1) is 12.9. The van der Waals surface area contributed by atoms with Crippen molar-refractivity contribution >= 4 is 22.5 Å². The van der Waals surface area contributed by atoms with Gasteiger partial charge >= 0.3 is 0 Å². The maximum Gasteiger partial charge on any atom is 0.0705 e. The number of likely N-dealkylation sites (tertiary alicyclic amines) is 1. The van der Waals surface area contributed by atoms with Crippen LogP contribution in [0, 0.1) is 5.92 Å². The van der Waals surface area contributed by atoms with Crippen molar-refractivity contribution in [3.8, 4) is 0 Å². The van der Waals surface area contributed by atoms with E-state index >= 15 is 0 Å². The molecule has 0 amide bonds. The lowest BCUT2D eigenvalue weighted by molar-refractivity contribution is 0.187. The molecule has 0 saturated carbocycles. The van der Waals surface area contributed by atoms with E-state index in [1.165, 1.54) is 23.8 Å². The molecule has 0 radical (unpaired) electrons. The molecule has 2 heterocycles. The molecule has 2 aromatic rings. The second-order valence-corrected chi connectivity index (χ2v) is 5.67. The molecule has 0 bridgehead atoms. The average Bonchev–Trinajstić information content (AvgIpc) is 2.48. The molecule has 0 spiro atoms. The van der Waals surface area contributed by atoms with Crippen molar-refractivity contribution in [2.24, 2.45) is 5.92 Å². The fourth-order valence-electron chi connectivity index (χ4n) is 2.83. The zero-order chi connectivity index (χ0) is 13.1. The Kier molecular flexibility index (Phi) is 4.00. The van der Waals surface area contributed by atoms with Gasteiger partial charge in [0, 0.05) is 24.0 Å². The minimum absolute atomic E-state index is 0.715. The molecule has 1 aromatic carbocycles. The minimum atomic E-state index is 0.715. The Labute approximate surface area is 119 Å². The number of piperidine rings is 1. The fourth-order valence-corrected chi connectivity index (χ4v) is 3.14. The van der Waals surface area contributed by atoms with Crippen LogP contribution in [0.1, 0.15) is 18.4 Å². The van der Waals surface area contributed by atoms with Crippen LogP contribution in [0.4, 0.5) is 0 Å². The first-order valence-corrected chi connectivity index (χ1v) is 7.51. The van der Waals surface area contributed by atoms with Crippen molar-refractivity contribution in [2.45, 2.75) is 19.4 Å². The normalized spacial score (nSPS) is 17.9. The Bertz CT molecular complexity index is 542. The largest absolute Gasteiger partial charge is 0.299 e. The van der Waals surface area contributed by atoms with Gasteiger partial charge in [-0.2, -0.15) is 0 Å². The predicted octanol–water partition coefficient (Wildman–Crippen LogP) is 3.69. The molecule has 1 aromatic heterocycles. The number of hydrogen-bond acceptors (Lipinski definition) is 2. The summed E-state index contributed by atoms with van der Waals surface area (Å²) in [5.74, 6) is 1.53. The minimum Gasteiger partial charge on any atom is -0.299 e. The van der Waals surface area contributed by atoms with Gasteiger partial charge in [0.15, 0.2) is 0 Å². The predicted molar refractivity (Wildman–Crippen MR) is 80.5 cm³/mol. The van der Waals surface area contributed by atoms with Gasteiger partial charge in [0.1, 0.15) is 0 Å². The zero-order valence-electron chi connectivity index (χ0n) is 11.1. The quantitative estimate of drug-likeness (QED) is 0.794. The van der Waals surface area contributed by atoms with Gasteiger partial charge in [-0.05, 0) is 49.5 Å². The van der Waals surface area contributed by atoms with E-state index in [-0.39, 0.29) is 0 Å². The van der Waals surface area contributed by atoms with Gasteiger partial charge in [-0.1, -0.05) is 18.2 Å². The lowest BCUT2D eigenvalue weighted by Gasteiger charge is -2.31. The number of alkyl halides is 1. The Morgan fingerprint density at radius 1 is 1.16 bits per heavy atom. The van der Waals surface area contributed by atoms with Crippen LogP contribution in [-0.4, -0.2) is 28.9 Å². The van der Waals surface area contributed by atoms with E-state index < -0.39 is 0 Å². The molecule has 1 aliphatic rings. The standard InChI is InChI=1S/C16H19ClN2/c17-11-13-6-9-19(10-7-13)12-14-5-8-18-16-4-2-1-3-15(14)16/h1-5,8,13H,6-7,9-12H2. The summed E-state index contributed by atoms with van der Waals surface area (Å²) in [7, 11) is 0. The first-order chi connectivity index (χ1) is 9.36. The molecule has 1 aliphatic heterocycles. The summed E-state index contributed by atoms with van der Waals surface area (Å²) in [6.07, 6.45) is 4.38. The van der Waals surface area contributed by atoms with Gasteiger partial charge in [0.2, 0.25) is 0 Å². The summed E-state index contributed by atoms with van der Waals surface area (Å²) in [5, 5.41) is 1.28. The summed E-state index contributed by atoms with van der Waals surface area (Å²) < 4.78 is 0. The number of aromatic nitrogens is 1. The molecule has 3 rings (SSSR count). The van der Waals surface area contributed by atoms with Crippen molar-refractivity contribution in [2.75, 3.05) is 19.0 Å². The van der Waals surface area contributed by atoms with Crippen molar-refractivity contribution in [3.05, 3.63) is 42.1 Å². The number of rotatable bonds is 3. The van der Waals surface area contributed by atoms with Crippen LogP contribution in [0.5, 0.6) is 0 Å². The highest BCUT2D eigenvalue weighted by molar-refractivity contribution is 6.18. The van der Waals surface area contributed by atoms with E-state index in [0.717, 1.165) is 31.0 Å². The lowest BCUT2D eigenvalue weighted by atomic mass is 9.98. The Morgan fingerprint density at radius 2 is 1.95 bits per heavy atom. The molecule has 1 saturated heterocycles. The van der Waals surface area contributed by atoms with E-state index in [4.69, 9.17) is 11.6 Å². The number of nitrogens with zero attached hydrogens (tertiary/aromatic N) is 2. The molecule has 0 N–H and O–H groups in total. The third-order valence-electron chi connectivity index (χ3n) is 4.06. The third kappa shape index (κ3) is 2.90. The van der Waals surface area contributed by atoms with E-state index in [0.29, 0.717) is 5.92 Å². The van der Waals surface area contributed by atoms with E-state index in [2.05, 4.69) is 34.1 Å². The molecule has 0 atom stereocenters. The van der Waals surface area contributed by atoms with E-state index in [9.17, 15) is 0 Å². The second kappa shape index (κ2) is 5.89. The average molecular weight is 275 g/mol.